The first kappa shape index (κ1) is 19.1. The van der Waals surface area contributed by atoms with Gasteiger partial charge in [0.15, 0.2) is 12.6 Å². The highest BCUT2D eigenvalue weighted by Gasteiger charge is 2.23. The number of nitrogens with one attached hydrogen (secondary N) is 2. The van der Waals surface area contributed by atoms with Crippen molar-refractivity contribution in [2.24, 2.45) is 4.99 Å². The van der Waals surface area contributed by atoms with Crippen LogP contribution in [0.3, 0.4) is 0 Å². The van der Waals surface area contributed by atoms with Crippen molar-refractivity contribution in [3.8, 4) is 5.75 Å². The number of nitrogens with zero attached hydrogens (tertiary/aromatic N) is 2. The molecule has 1 saturated carbocycles. The first-order valence-corrected chi connectivity index (χ1v) is 9.05. The van der Waals surface area contributed by atoms with Gasteiger partial charge in [-0.1, -0.05) is 25.5 Å². The van der Waals surface area contributed by atoms with Crippen LogP contribution in [0.2, 0.25) is 0 Å². The third-order valence-electron chi connectivity index (χ3n) is 4.08. The number of aliphatic imine (C=N–C) groups is 1. The average molecular weight is 346 g/mol. The highest BCUT2D eigenvalue weighted by molar-refractivity contribution is 5.79. The number of unbranched alkanes of at least 4 members (excludes halogenated alkanes) is 1. The van der Waals surface area contributed by atoms with Gasteiger partial charge < -0.3 is 20.3 Å². The monoisotopic (exact) mass is 346 g/mol. The summed E-state index contributed by atoms with van der Waals surface area (Å²) in [6, 6.07) is 8.16. The van der Waals surface area contributed by atoms with Crippen molar-refractivity contribution < 1.29 is 9.53 Å². The number of ether oxygens (including phenoxy) is 1. The Morgan fingerprint density at radius 3 is 2.88 bits per heavy atom. The van der Waals surface area contributed by atoms with Gasteiger partial charge in [-0.25, -0.2) is 0 Å². The normalized spacial score (nSPS) is 14.1. The molecule has 1 fully saturated rings. The molecule has 0 aliphatic heterocycles. The second-order valence-electron chi connectivity index (χ2n) is 6.45. The van der Waals surface area contributed by atoms with Crippen LogP contribution in [0.4, 0.5) is 0 Å². The minimum absolute atomic E-state index is 0.0519. The van der Waals surface area contributed by atoms with Gasteiger partial charge in [0, 0.05) is 33.2 Å². The molecule has 1 aliphatic carbocycles. The number of rotatable bonds is 9. The minimum Gasteiger partial charge on any atom is -0.484 e. The van der Waals surface area contributed by atoms with E-state index in [4.69, 9.17) is 4.74 Å². The van der Waals surface area contributed by atoms with Crippen molar-refractivity contribution in [3.63, 3.8) is 0 Å². The third-order valence-corrected chi connectivity index (χ3v) is 4.08. The molecule has 0 heterocycles. The fraction of sp³-hybridized carbons (Fsp3) is 0.579. The summed E-state index contributed by atoms with van der Waals surface area (Å²) in [5.74, 6) is 1.53. The molecule has 2 N–H and O–H groups in total. The Morgan fingerprint density at radius 1 is 1.40 bits per heavy atom. The Balaban J connectivity index is 1.80. The largest absolute Gasteiger partial charge is 0.484 e. The van der Waals surface area contributed by atoms with E-state index >= 15 is 0 Å². The number of benzene rings is 1. The summed E-state index contributed by atoms with van der Waals surface area (Å²) in [5, 5.41) is 6.28. The van der Waals surface area contributed by atoms with Crippen LogP contribution in [0.5, 0.6) is 5.75 Å². The molecule has 0 spiro atoms. The summed E-state index contributed by atoms with van der Waals surface area (Å²) in [6.07, 6.45) is 4.47. The SMILES string of the molecule is CCCCN(C)C(=NC)NCc1cccc(OCC(=O)NC2CC2)c1. The lowest BCUT2D eigenvalue weighted by atomic mass is 10.2. The number of guanidine groups is 1. The fourth-order valence-corrected chi connectivity index (χ4v) is 2.46. The maximum Gasteiger partial charge on any atom is 0.258 e. The minimum atomic E-state index is -0.0519. The lowest BCUT2D eigenvalue weighted by Crippen LogP contribution is -2.38. The van der Waals surface area contributed by atoms with Crippen LogP contribution in [0.1, 0.15) is 38.2 Å². The van der Waals surface area contributed by atoms with Crippen molar-refractivity contribution in [3.05, 3.63) is 29.8 Å². The molecular weight excluding hydrogens is 316 g/mol. The van der Waals surface area contributed by atoms with E-state index in [0.717, 1.165) is 43.8 Å². The van der Waals surface area contributed by atoms with E-state index in [0.29, 0.717) is 18.3 Å². The molecule has 0 atom stereocenters. The fourth-order valence-electron chi connectivity index (χ4n) is 2.46. The van der Waals surface area contributed by atoms with Crippen LogP contribution in [0.25, 0.3) is 0 Å². The lowest BCUT2D eigenvalue weighted by molar-refractivity contribution is -0.123. The van der Waals surface area contributed by atoms with Crippen LogP contribution in [0.15, 0.2) is 29.3 Å². The highest BCUT2D eigenvalue weighted by Crippen LogP contribution is 2.18. The smallest absolute Gasteiger partial charge is 0.258 e. The van der Waals surface area contributed by atoms with E-state index in [2.05, 4.69) is 27.4 Å². The topological polar surface area (TPSA) is 66.0 Å². The van der Waals surface area contributed by atoms with Crippen molar-refractivity contribution >= 4 is 11.9 Å². The quantitative estimate of drug-likeness (QED) is 0.531. The van der Waals surface area contributed by atoms with Crippen LogP contribution >= 0.6 is 0 Å². The molecule has 138 valence electrons. The zero-order chi connectivity index (χ0) is 18.1. The van der Waals surface area contributed by atoms with Gasteiger partial charge in [-0.05, 0) is 37.0 Å². The van der Waals surface area contributed by atoms with Gasteiger partial charge in [-0.2, -0.15) is 0 Å². The van der Waals surface area contributed by atoms with E-state index in [1.807, 2.05) is 31.3 Å². The summed E-state index contributed by atoms with van der Waals surface area (Å²) in [4.78, 5) is 18.1. The predicted molar refractivity (Wildman–Crippen MR) is 101 cm³/mol. The van der Waals surface area contributed by atoms with Crippen molar-refractivity contribution in [2.75, 3.05) is 27.2 Å². The van der Waals surface area contributed by atoms with E-state index in [9.17, 15) is 4.79 Å². The summed E-state index contributed by atoms with van der Waals surface area (Å²) in [6.45, 7) is 3.89. The summed E-state index contributed by atoms with van der Waals surface area (Å²) < 4.78 is 5.59. The van der Waals surface area contributed by atoms with Gasteiger partial charge >= 0.3 is 0 Å². The van der Waals surface area contributed by atoms with E-state index in [1.54, 1.807) is 7.05 Å². The Morgan fingerprint density at radius 2 is 2.20 bits per heavy atom. The van der Waals surface area contributed by atoms with Gasteiger partial charge in [-0.15, -0.1) is 0 Å². The predicted octanol–water partition coefficient (Wildman–Crippen LogP) is 2.15. The third kappa shape index (κ3) is 7.03. The summed E-state index contributed by atoms with van der Waals surface area (Å²) >= 11 is 0. The molecule has 25 heavy (non-hydrogen) atoms. The van der Waals surface area contributed by atoms with Crippen molar-refractivity contribution in [1.29, 1.82) is 0 Å². The zero-order valence-electron chi connectivity index (χ0n) is 15.5. The van der Waals surface area contributed by atoms with E-state index < -0.39 is 0 Å². The van der Waals surface area contributed by atoms with Crippen LogP contribution in [-0.2, 0) is 11.3 Å². The van der Waals surface area contributed by atoms with Crippen LogP contribution in [0, 0.1) is 0 Å². The second kappa shape index (κ2) is 9.91. The molecular formula is C19H30N4O2. The van der Waals surface area contributed by atoms with Crippen LogP contribution < -0.4 is 15.4 Å². The molecule has 1 aromatic rings. The van der Waals surface area contributed by atoms with Crippen molar-refractivity contribution in [2.45, 2.75) is 45.2 Å². The number of hydrogen-bond donors (Lipinski definition) is 2. The molecule has 0 unspecified atom stereocenters. The maximum atomic E-state index is 11.7. The van der Waals surface area contributed by atoms with Crippen LogP contribution in [-0.4, -0.2) is 50.1 Å². The van der Waals surface area contributed by atoms with Crippen molar-refractivity contribution in [1.82, 2.24) is 15.5 Å². The van der Waals surface area contributed by atoms with Gasteiger partial charge in [0.1, 0.15) is 5.75 Å². The number of carbonyl (C=O) groups is 1. The summed E-state index contributed by atoms with van der Waals surface area (Å²) in [7, 11) is 3.84. The number of hydrogen-bond acceptors (Lipinski definition) is 3. The number of carbonyl (C=O) groups excluding carboxylic acids is 1. The second-order valence-corrected chi connectivity index (χ2v) is 6.45. The van der Waals surface area contributed by atoms with Gasteiger partial charge in [-0.3, -0.25) is 9.79 Å². The molecule has 6 heteroatoms. The molecule has 1 amide bonds. The standard InChI is InChI=1S/C19H30N4O2/c1-4-5-11-23(3)19(20-2)21-13-15-7-6-8-17(12-15)25-14-18(24)22-16-9-10-16/h6-8,12,16H,4-5,9-11,13-14H2,1-3H3,(H,20,21)(H,22,24). The Bertz CT molecular complexity index is 585. The van der Waals surface area contributed by atoms with E-state index in [-0.39, 0.29) is 12.5 Å². The molecule has 0 radical (unpaired) electrons. The highest BCUT2D eigenvalue weighted by atomic mass is 16.5. The average Bonchev–Trinajstić information content (AvgIpc) is 3.43. The van der Waals surface area contributed by atoms with E-state index in [1.165, 1.54) is 0 Å². The summed E-state index contributed by atoms with van der Waals surface area (Å²) in [5.41, 5.74) is 1.09. The molecule has 0 saturated heterocycles. The molecule has 0 bridgehead atoms. The number of amides is 1. The zero-order valence-corrected chi connectivity index (χ0v) is 15.5. The first-order valence-electron chi connectivity index (χ1n) is 9.05. The van der Waals surface area contributed by atoms with Gasteiger partial charge in [0.2, 0.25) is 0 Å². The first-order chi connectivity index (χ1) is 12.1. The molecule has 2 rings (SSSR count). The van der Waals surface area contributed by atoms with Gasteiger partial charge in [0.25, 0.3) is 5.91 Å². The Labute approximate surface area is 150 Å². The molecule has 1 aliphatic rings. The Hall–Kier alpha value is -2.24. The molecule has 0 aromatic heterocycles. The maximum absolute atomic E-state index is 11.7. The Kier molecular flexibility index (Phi) is 7.57. The lowest BCUT2D eigenvalue weighted by Gasteiger charge is -2.22. The molecule has 1 aromatic carbocycles. The van der Waals surface area contributed by atoms with Gasteiger partial charge in [0.05, 0.1) is 0 Å². The molecule has 6 nitrogen and oxygen atoms in total.